The molecule has 0 unspecified atom stereocenters. The third-order valence-electron chi connectivity index (χ3n) is 0.615. The van der Waals surface area contributed by atoms with E-state index in [9.17, 15) is 4.79 Å². The van der Waals surface area contributed by atoms with Gasteiger partial charge in [-0.05, 0) is 0 Å². The van der Waals surface area contributed by atoms with Crippen molar-refractivity contribution >= 4 is 5.97 Å². The Morgan fingerprint density at radius 1 is 2.25 bits per heavy atom. The summed E-state index contributed by atoms with van der Waals surface area (Å²) in [5.41, 5.74) is 4.99. The fourth-order valence-corrected chi connectivity index (χ4v) is 0.198. The van der Waals surface area contributed by atoms with Crippen LogP contribution in [0.2, 0.25) is 0 Å². The second-order valence-corrected chi connectivity index (χ2v) is 1.32. The monoisotopic (exact) mass is 120 g/mol. The molecule has 8 heavy (non-hydrogen) atoms. The van der Waals surface area contributed by atoms with E-state index in [0.717, 1.165) is 0 Å². The van der Waals surface area contributed by atoms with Gasteiger partial charge in [0.1, 0.15) is 6.04 Å². The van der Waals surface area contributed by atoms with Gasteiger partial charge in [-0.25, -0.2) is 0 Å². The van der Waals surface area contributed by atoms with Crippen molar-refractivity contribution < 1.29 is 16.0 Å². The van der Waals surface area contributed by atoms with E-state index in [4.69, 9.17) is 12.2 Å². The van der Waals surface area contributed by atoms with E-state index >= 15 is 0 Å². The first-order valence-corrected chi connectivity index (χ1v) is 2.04. The molecule has 3 N–H and O–H groups in total. The van der Waals surface area contributed by atoms with E-state index in [2.05, 4.69) is 4.74 Å². The molecule has 0 spiro atoms. The number of carboxylic acid groups (broad SMARTS) is 1. The van der Waals surface area contributed by atoms with Crippen molar-refractivity contribution in [3.05, 3.63) is 0 Å². The molecule has 0 bridgehead atoms. The first-order chi connectivity index (χ1) is 4.18. The fourth-order valence-electron chi connectivity index (χ4n) is 0.198. The zero-order valence-corrected chi connectivity index (χ0v) is 4.33. The predicted molar refractivity (Wildman–Crippen MR) is 27.5 cm³/mol. The number of hydrogen-bond donors (Lipinski definition) is 2. The van der Waals surface area contributed by atoms with Crippen LogP contribution in [0.1, 0.15) is 1.37 Å². The van der Waals surface area contributed by atoms with Gasteiger partial charge in [-0.2, -0.15) is 0 Å². The van der Waals surface area contributed by atoms with Crippen molar-refractivity contribution in [2.45, 2.75) is 6.04 Å². The van der Waals surface area contributed by atoms with Gasteiger partial charge in [0.25, 0.3) is 0 Å². The molecule has 0 rings (SSSR count). The van der Waals surface area contributed by atoms with Crippen molar-refractivity contribution in [1.82, 2.24) is 0 Å². The summed E-state index contributed by atoms with van der Waals surface area (Å²) in [6.45, 7) is -0.0984. The zero-order valence-electron chi connectivity index (χ0n) is 5.33. The van der Waals surface area contributed by atoms with Gasteiger partial charge >= 0.3 is 5.97 Å². The van der Waals surface area contributed by atoms with Gasteiger partial charge in [0, 0.05) is 7.09 Å². The summed E-state index contributed by atoms with van der Waals surface area (Å²) >= 11 is 0. The van der Waals surface area contributed by atoms with Crippen molar-refractivity contribution in [3.63, 3.8) is 0 Å². The van der Waals surface area contributed by atoms with Crippen LogP contribution in [0.5, 0.6) is 0 Å². The highest BCUT2D eigenvalue weighted by Gasteiger charge is 2.08. The number of aliphatic carboxylic acids is 1. The van der Waals surface area contributed by atoms with E-state index in [1.807, 2.05) is 0 Å². The molecule has 0 aliphatic heterocycles. The summed E-state index contributed by atoms with van der Waals surface area (Å²) in [7, 11) is -0.249. The van der Waals surface area contributed by atoms with Gasteiger partial charge in [-0.1, -0.05) is 0 Å². The lowest BCUT2D eigenvalue weighted by Gasteiger charge is -2.01. The SMILES string of the molecule is [2H]COC[C@H](N)C(=O)O. The molecule has 0 amide bonds. The van der Waals surface area contributed by atoms with Crippen LogP contribution in [0.4, 0.5) is 0 Å². The quantitative estimate of drug-likeness (QED) is 0.503. The van der Waals surface area contributed by atoms with Crippen LogP contribution in [0.3, 0.4) is 0 Å². The first kappa shape index (κ1) is 5.53. The molecule has 0 aromatic rings. The molecule has 4 heteroatoms. The Bertz CT molecular complexity index is 97.8. The van der Waals surface area contributed by atoms with Crippen LogP contribution >= 0.6 is 0 Å². The molecule has 0 radical (unpaired) electrons. The average Bonchev–Trinajstić information content (AvgIpc) is 1.82. The van der Waals surface area contributed by atoms with E-state index in [1.165, 1.54) is 0 Å². The summed E-state index contributed by atoms with van der Waals surface area (Å²) in [4.78, 5) is 9.94. The minimum Gasteiger partial charge on any atom is -0.480 e. The molecule has 1 atom stereocenters. The summed E-state index contributed by atoms with van der Waals surface area (Å²) in [6.07, 6.45) is 0. The van der Waals surface area contributed by atoms with E-state index in [-0.39, 0.29) is 13.7 Å². The van der Waals surface area contributed by atoms with Gasteiger partial charge in [0.2, 0.25) is 0 Å². The number of nitrogens with two attached hydrogens (primary N) is 1. The maximum atomic E-state index is 9.94. The molecular weight excluding hydrogens is 110 g/mol. The third-order valence-corrected chi connectivity index (χ3v) is 0.615. The molecule has 0 aromatic heterocycles. The van der Waals surface area contributed by atoms with Crippen LogP contribution in [0, 0.1) is 0 Å². The standard InChI is InChI=1S/C4H9NO3/c1-8-2-3(5)4(6)7/h3H,2,5H2,1H3,(H,6,7)/t3-/m0/s1/i1D. The zero-order chi connectivity index (χ0) is 7.28. The summed E-state index contributed by atoms with van der Waals surface area (Å²) in [5.74, 6) is -1.11. The molecule has 4 nitrogen and oxygen atoms in total. The summed E-state index contributed by atoms with van der Waals surface area (Å²) in [6, 6.07) is -1.00. The smallest absolute Gasteiger partial charge is 0.322 e. The maximum absolute atomic E-state index is 9.94. The van der Waals surface area contributed by atoms with Gasteiger partial charge in [-0.3, -0.25) is 4.79 Å². The Kier molecular flexibility index (Phi) is 2.35. The number of methoxy groups -OCH3 is 1. The highest BCUT2D eigenvalue weighted by molar-refractivity contribution is 5.73. The molecule has 0 aliphatic rings. The van der Waals surface area contributed by atoms with E-state index in [0.29, 0.717) is 0 Å². The molecule has 0 saturated heterocycles. The number of carboxylic acids is 1. The fraction of sp³-hybridized carbons (Fsp3) is 0.750. The Balaban J connectivity index is 3.27. The average molecular weight is 120 g/mol. The van der Waals surface area contributed by atoms with Crippen LogP contribution in [-0.4, -0.2) is 30.8 Å². The normalized spacial score (nSPS) is 14.9. The van der Waals surface area contributed by atoms with Crippen molar-refractivity contribution in [1.29, 1.82) is 0 Å². The number of rotatable bonds is 3. The largest absolute Gasteiger partial charge is 0.480 e. The van der Waals surface area contributed by atoms with E-state index < -0.39 is 12.0 Å². The lowest BCUT2D eigenvalue weighted by atomic mass is 10.3. The van der Waals surface area contributed by atoms with E-state index in [1.54, 1.807) is 0 Å². The molecule has 0 aliphatic carbocycles. The van der Waals surface area contributed by atoms with Crippen molar-refractivity contribution in [2.75, 3.05) is 13.7 Å². The van der Waals surface area contributed by atoms with Crippen molar-refractivity contribution in [3.8, 4) is 0 Å². The lowest BCUT2D eigenvalue weighted by molar-refractivity contribution is -0.139. The van der Waals surface area contributed by atoms with Gasteiger partial charge in [-0.15, -0.1) is 0 Å². The summed E-state index contributed by atoms with van der Waals surface area (Å²) < 4.78 is 10.9. The second-order valence-electron chi connectivity index (χ2n) is 1.32. The molecular formula is C4H9NO3. The molecule has 0 fully saturated rings. The van der Waals surface area contributed by atoms with Crippen LogP contribution < -0.4 is 5.73 Å². The van der Waals surface area contributed by atoms with Gasteiger partial charge in [0.05, 0.1) is 7.98 Å². The Labute approximate surface area is 48.6 Å². The number of ether oxygens (including phenoxy) is 1. The first-order valence-electron chi connectivity index (χ1n) is 2.74. The minimum absolute atomic E-state index is 0.0984. The minimum atomic E-state index is -1.11. The molecule has 0 heterocycles. The van der Waals surface area contributed by atoms with Crippen LogP contribution in [-0.2, 0) is 9.53 Å². The van der Waals surface area contributed by atoms with Crippen LogP contribution in [0.25, 0.3) is 0 Å². The lowest BCUT2D eigenvalue weighted by Crippen LogP contribution is -2.34. The third kappa shape index (κ3) is 2.54. The van der Waals surface area contributed by atoms with Crippen LogP contribution in [0.15, 0.2) is 0 Å². The topological polar surface area (TPSA) is 72.5 Å². The molecule has 0 aromatic carbocycles. The molecule has 48 valence electrons. The Hall–Kier alpha value is -0.610. The number of hydrogen-bond acceptors (Lipinski definition) is 3. The number of carbonyl (C=O) groups is 1. The second kappa shape index (κ2) is 3.40. The highest BCUT2D eigenvalue weighted by Crippen LogP contribution is 1.76. The Morgan fingerprint density at radius 3 is 3.25 bits per heavy atom. The predicted octanol–water partition coefficient (Wildman–Crippen LogP) is -0.955. The van der Waals surface area contributed by atoms with Crippen molar-refractivity contribution in [2.24, 2.45) is 5.73 Å². The van der Waals surface area contributed by atoms with Gasteiger partial charge < -0.3 is 15.6 Å². The molecule has 0 saturated carbocycles. The Morgan fingerprint density at radius 2 is 2.88 bits per heavy atom. The van der Waals surface area contributed by atoms with Gasteiger partial charge in [0.15, 0.2) is 0 Å². The maximum Gasteiger partial charge on any atom is 0.322 e. The highest BCUT2D eigenvalue weighted by atomic mass is 16.5. The summed E-state index contributed by atoms with van der Waals surface area (Å²) in [5, 5.41) is 8.14.